The summed E-state index contributed by atoms with van der Waals surface area (Å²) < 4.78 is 22.4. The Labute approximate surface area is 215 Å². The van der Waals surface area contributed by atoms with Crippen molar-refractivity contribution < 1.29 is 23.8 Å². The number of aryl methyl sites for hydroxylation is 1. The van der Waals surface area contributed by atoms with Crippen LogP contribution in [0, 0.1) is 24.1 Å². The van der Waals surface area contributed by atoms with Gasteiger partial charge in [0, 0.05) is 25.0 Å². The minimum Gasteiger partial charge on any atom is -0.477 e. The van der Waals surface area contributed by atoms with Crippen LogP contribution in [0.1, 0.15) is 86.7 Å². The monoisotopic (exact) mass is 513 g/mol. The summed E-state index contributed by atoms with van der Waals surface area (Å²) in [4.78, 5) is 39.2. The molecule has 1 amide bonds. The van der Waals surface area contributed by atoms with Crippen LogP contribution < -0.4 is 15.8 Å². The third-order valence-corrected chi connectivity index (χ3v) is 8.28. The number of alkyl carbamates (subject to hydrolysis) is 1. The normalized spacial score (nSPS) is 23.7. The number of aromatic nitrogens is 1. The SMILES string of the molecule is Cc1c(N2C[C@@H]3CCCC[C@]3(CNC(=O)OC(C)(C)C)C2)c(F)cn2c(=O)c(C(=O)O)cc(C3CC3)c12. The molecule has 1 saturated heterocycles. The number of hydrogen-bond donors (Lipinski definition) is 2. The Bertz CT molecular complexity index is 1330. The van der Waals surface area contributed by atoms with Gasteiger partial charge in [-0.1, -0.05) is 12.8 Å². The van der Waals surface area contributed by atoms with Gasteiger partial charge in [-0.25, -0.2) is 14.0 Å². The molecule has 3 heterocycles. The Balaban J connectivity index is 1.52. The molecule has 0 spiro atoms. The predicted molar refractivity (Wildman–Crippen MR) is 138 cm³/mol. The molecule has 1 aliphatic heterocycles. The Hall–Kier alpha value is -3.10. The van der Waals surface area contributed by atoms with Crippen LogP contribution in [0.4, 0.5) is 14.9 Å². The molecule has 2 N–H and O–H groups in total. The molecule has 0 unspecified atom stereocenters. The van der Waals surface area contributed by atoms with E-state index in [0.717, 1.165) is 50.3 Å². The van der Waals surface area contributed by atoms with Gasteiger partial charge in [-0.2, -0.15) is 0 Å². The Morgan fingerprint density at radius 2 is 1.97 bits per heavy atom. The average molecular weight is 514 g/mol. The zero-order chi connectivity index (χ0) is 26.7. The molecule has 2 atom stereocenters. The number of aromatic carboxylic acids is 1. The third-order valence-electron chi connectivity index (χ3n) is 8.28. The molecule has 0 bridgehead atoms. The molecule has 3 fully saturated rings. The number of fused-ring (bicyclic) bond motifs is 2. The van der Waals surface area contributed by atoms with E-state index >= 15 is 4.39 Å². The highest BCUT2D eigenvalue weighted by atomic mass is 19.1. The molecule has 9 heteroatoms. The van der Waals surface area contributed by atoms with E-state index < -0.39 is 29.0 Å². The maximum atomic E-state index is 15.8. The van der Waals surface area contributed by atoms with Gasteiger partial charge in [0.2, 0.25) is 0 Å². The predicted octanol–water partition coefficient (Wildman–Crippen LogP) is 4.84. The fourth-order valence-electron chi connectivity index (χ4n) is 6.49. The highest BCUT2D eigenvalue weighted by Crippen LogP contribution is 2.49. The lowest BCUT2D eigenvalue weighted by molar-refractivity contribution is 0.0469. The molecule has 200 valence electrons. The fourth-order valence-corrected chi connectivity index (χ4v) is 6.49. The van der Waals surface area contributed by atoms with Gasteiger partial charge in [-0.3, -0.25) is 9.20 Å². The summed E-state index contributed by atoms with van der Waals surface area (Å²) in [5, 5.41) is 12.5. The standard InChI is InChI=1S/C28H36FN3O5/c1-16-22-19(17-8-9-17)11-20(25(34)35)24(33)32(22)13-21(29)23(16)31-12-18-7-5-6-10-28(18,15-31)14-30-26(36)37-27(2,3)4/h11,13,17-18H,5-10,12,14-15H2,1-4H3,(H,30,36)(H,34,35)/t18-,28-/m0/s1. The van der Waals surface area contributed by atoms with E-state index in [-0.39, 0.29) is 16.9 Å². The molecule has 0 radical (unpaired) electrons. The summed E-state index contributed by atoms with van der Waals surface area (Å²) >= 11 is 0. The number of carbonyl (C=O) groups excluding carboxylic acids is 1. The Morgan fingerprint density at radius 3 is 2.62 bits per heavy atom. The van der Waals surface area contributed by atoms with Crippen molar-refractivity contribution in [3.8, 4) is 0 Å². The van der Waals surface area contributed by atoms with Crippen LogP contribution in [0.25, 0.3) is 5.52 Å². The second kappa shape index (κ2) is 9.03. The van der Waals surface area contributed by atoms with Crippen LogP contribution >= 0.6 is 0 Å². The highest BCUT2D eigenvalue weighted by molar-refractivity contribution is 5.89. The number of anilines is 1. The van der Waals surface area contributed by atoms with Gasteiger partial charge in [0.15, 0.2) is 5.82 Å². The number of pyridine rings is 2. The minimum atomic E-state index is -1.30. The summed E-state index contributed by atoms with van der Waals surface area (Å²) in [7, 11) is 0. The molecule has 3 aliphatic rings. The van der Waals surface area contributed by atoms with Crippen LogP contribution in [0.2, 0.25) is 0 Å². The van der Waals surface area contributed by atoms with Crippen molar-refractivity contribution in [1.82, 2.24) is 9.72 Å². The van der Waals surface area contributed by atoms with Crippen molar-refractivity contribution in [2.45, 2.75) is 77.7 Å². The average Bonchev–Trinajstić information content (AvgIpc) is 3.57. The summed E-state index contributed by atoms with van der Waals surface area (Å²) in [6.07, 6.45) is 6.66. The van der Waals surface area contributed by atoms with Crippen LogP contribution in [0.15, 0.2) is 17.1 Å². The second-order valence-corrected chi connectivity index (χ2v) is 12.1. The minimum absolute atomic E-state index is 0.177. The van der Waals surface area contributed by atoms with Crippen LogP contribution in [0.5, 0.6) is 0 Å². The lowest BCUT2D eigenvalue weighted by Crippen LogP contribution is -2.45. The lowest BCUT2D eigenvalue weighted by Gasteiger charge is -2.38. The smallest absolute Gasteiger partial charge is 0.407 e. The second-order valence-electron chi connectivity index (χ2n) is 12.1. The molecule has 37 heavy (non-hydrogen) atoms. The maximum Gasteiger partial charge on any atom is 0.407 e. The van der Waals surface area contributed by atoms with E-state index in [4.69, 9.17) is 4.74 Å². The number of amides is 1. The van der Waals surface area contributed by atoms with E-state index in [0.29, 0.717) is 42.3 Å². The molecule has 8 nitrogen and oxygen atoms in total. The van der Waals surface area contributed by atoms with E-state index in [1.165, 1.54) is 10.5 Å². The molecule has 2 aliphatic carbocycles. The summed E-state index contributed by atoms with van der Waals surface area (Å²) in [5.74, 6) is -1.36. The molecule has 0 aromatic carbocycles. The first kappa shape index (κ1) is 25.5. The first-order valence-electron chi connectivity index (χ1n) is 13.2. The topological polar surface area (TPSA) is 100 Å². The summed E-state index contributed by atoms with van der Waals surface area (Å²) in [6, 6.07) is 1.49. The van der Waals surface area contributed by atoms with Crippen molar-refractivity contribution in [3.63, 3.8) is 0 Å². The molecule has 2 aromatic rings. The van der Waals surface area contributed by atoms with Gasteiger partial charge in [0.1, 0.15) is 11.2 Å². The molecule has 2 aromatic heterocycles. The number of carboxylic acids is 1. The third kappa shape index (κ3) is 4.68. The first-order valence-corrected chi connectivity index (χ1v) is 13.2. The Kier molecular flexibility index (Phi) is 6.23. The number of ether oxygens (including phenoxy) is 1. The number of halogens is 1. The van der Waals surface area contributed by atoms with E-state index in [1.54, 1.807) is 0 Å². The zero-order valence-electron chi connectivity index (χ0n) is 22.0. The van der Waals surface area contributed by atoms with E-state index in [2.05, 4.69) is 10.2 Å². The largest absolute Gasteiger partial charge is 0.477 e. The van der Waals surface area contributed by atoms with E-state index in [9.17, 15) is 19.5 Å². The van der Waals surface area contributed by atoms with Gasteiger partial charge in [-0.05, 0) is 82.4 Å². The molecular weight excluding hydrogens is 477 g/mol. The number of carbonyl (C=O) groups is 2. The van der Waals surface area contributed by atoms with Gasteiger partial charge in [-0.15, -0.1) is 0 Å². The van der Waals surface area contributed by atoms with Crippen molar-refractivity contribution in [1.29, 1.82) is 0 Å². The maximum absolute atomic E-state index is 15.8. The number of hydrogen-bond acceptors (Lipinski definition) is 5. The van der Waals surface area contributed by atoms with Crippen LogP contribution in [0.3, 0.4) is 0 Å². The highest BCUT2D eigenvalue weighted by Gasteiger charge is 2.48. The lowest BCUT2D eigenvalue weighted by atomic mass is 9.68. The van der Waals surface area contributed by atoms with Gasteiger partial charge >= 0.3 is 12.1 Å². The zero-order valence-corrected chi connectivity index (χ0v) is 22.0. The molecule has 5 rings (SSSR count). The van der Waals surface area contributed by atoms with Crippen molar-refractivity contribution in [2.75, 3.05) is 24.5 Å². The quantitative estimate of drug-likeness (QED) is 0.593. The van der Waals surface area contributed by atoms with Crippen molar-refractivity contribution in [3.05, 3.63) is 45.1 Å². The van der Waals surface area contributed by atoms with Crippen LogP contribution in [-0.4, -0.2) is 46.8 Å². The Morgan fingerprint density at radius 1 is 1.24 bits per heavy atom. The number of nitrogens with zero attached hydrogens (tertiary/aromatic N) is 2. The van der Waals surface area contributed by atoms with Crippen molar-refractivity contribution in [2.24, 2.45) is 11.3 Å². The van der Waals surface area contributed by atoms with Gasteiger partial charge in [0.25, 0.3) is 5.56 Å². The first-order chi connectivity index (χ1) is 17.4. The van der Waals surface area contributed by atoms with Gasteiger partial charge < -0.3 is 20.1 Å². The number of carboxylic acid groups (broad SMARTS) is 1. The van der Waals surface area contributed by atoms with E-state index in [1.807, 2.05) is 27.7 Å². The molecule has 2 saturated carbocycles. The summed E-state index contributed by atoms with van der Waals surface area (Å²) in [5.41, 5.74) is 0.725. The fraction of sp³-hybridized carbons (Fsp3) is 0.607. The van der Waals surface area contributed by atoms with Gasteiger partial charge in [0.05, 0.1) is 17.4 Å². The number of nitrogens with one attached hydrogen (secondary N) is 1. The van der Waals surface area contributed by atoms with Crippen molar-refractivity contribution >= 4 is 23.3 Å². The van der Waals surface area contributed by atoms with Crippen LogP contribution in [-0.2, 0) is 4.74 Å². The number of rotatable bonds is 5. The molecular formula is C28H36FN3O5. The summed E-state index contributed by atoms with van der Waals surface area (Å²) in [6.45, 7) is 9.05.